The van der Waals surface area contributed by atoms with Crippen LogP contribution in [0, 0.1) is 0 Å². The van der Waals surface area contributed by atoms with Crippen LogP contribution in [0.3, 0.4) is 0 Å². The number of imidazole rings is 1. The number of nitrogens with zero attached hydrogens (tertiary/aromatic N) is 2. The lowest BCUT2D eigenvalue weighted by Crippen LogP contribution is -1.91. The summed E-state index contributed by atoms with van der Waals surface area (Å²) in [5.74, 6) is 1.27. The van der Waals surface area contributed by atoms with Crippen molar-refractivity contribution in [3.8, 4) is 17.3 Å². The summed E-state index contributed by atoms with van der Waals surface area (Å²) in [5.41, 5.74) is 9.04. The summed E-state index contributed by atoms with van der Waals surface area (Å²) >= 11 is 0. The van der Waals surface area contributed by atoms with Gasteiger partial charge in [0.2, 0.25) is 5.88 Å². The van der Waals surface area contributed by atoms with E-state index in [0.29, 0.717) is 11.6 Å². The lowest BCUT2D eigenvalue weighted by Gasteiger charge is -2.03. The molecule has 18 heavy (non-hydrogen) atoms. The van der Waals surface area contributed by atoms with E-state index in [9.17, 15) is 0 Å². The summed E-state index contributed by atoms with van der Waals surface area (Å²) in [5, 5.41) is 0. The molecule has 0 aliphatic carbocycles. The smallest absolute Gasteiger partial charge is 0.224 e. The fourth-order valence-electron chi connectivity index (χ4n) is 1.89. The normalized spacial score (nSPS) is 10.7. The van der Waals surface area contributed by atoms with Gasteiger partial charge in [0.15, 0.2) is 0 Å². The minimum Gasteiger partial charge on any atom is -0.480 e. The second-order valence-electron chi connectivity index (χ2n) is 3.92. The molecule has 1 aromatic carbocycles. The molecule has 3 N–H and O–H groups in total. The van der Waals surface area contributed by atoms with Crippen LogP contribution < -0.4 is 10.5 Å². The van der Waals surface area contributed by atoms with Gasteiger partial charge in [-0.25, -0.2) is 9.97 Å². The van der Waals surface area contributed by atoms with Gasteiger partial charge in [0, 0.05) is 11.9 Å². The minimum atomic E-state index is 0.546. The monoisotopic (exact) mass is 240 g/mol. The molecule has 0 spiro atoms. The van der Waals surface area contributed by atoms with Crippen LogP contribution >= 0.6 is 0 Å². The van der Waals surface area contributed by atoms with Crippen LogP contribution in [0.15, 0.2) is 36.5 Å². The summed E-state index contributed by atoms with van der Waals surface area (Å²) in [7, 11) is 1.59. The summed E-state index contributed by atoms with van der Waals surface area (Å²) in [4.78, 5) is 11.9. The lowest BCUT2D eigenvalue weighted by molar-refractivity contribution is 0.399. The summed E-state index contributed by atoms with van der Waals surface area (Å²) in [6.45, 7) is 0. The fraction of sp³-hybridized carbons (Fsp3) is 0.0769. The number of aromatic nitrogens is 3. The molecule has 0 radical (unpaired) electrons. The third-order valence-electron chi connectivity index (χ3n) is 2.73. The van der Waals surface area contributed by atoms with Gasteiger partial charge in [0.25, 0.3) is 0 Å². The third-order valence-corrected chi connectivity index (χ3v) is 2.73. The highest BCUT2D eigenvalue weighted by Crippen LogP contribution is 2.27. The largest absolute Gasteiger partial charge is 0.480 e. The third kappa shape index (κ3) is 1.66. The molecule has 0 bridgehead atoms. The van der Waals surface area contributed by atoms with Gasteiger partial charge in [0.1, 0.15) is 5.82 Å². The number of ether oxygens (including phenoxy) is 1. The number of pyridine rings is 1. The predicted molar refractivity (Wildman–Crippen MR) is 70.3 cm³/mol. The maximum Gasteiger partial charge on any atom is 0.224 e. The molecule has 3 aromatic rings. The molecule has 0 amide bonds. The minimum absolute atomic E-state index is 0.546. The molecule has 3 rings (SSSR count). The molecule has 0 saturated heterocycles. The molecule has 0 atom stereocenters. The first kappa shape index (κ1) is 10.6. The quantitative estimate of drug-likeness (QED) is 0.673. The first-order valence-electron chi connectivity index (χ1n) is 5.52. The van der Waals surface area contributed by atoms with Crippen molar-refractivity contribution in [3.05, 3.63) is 36.5 Å². The van der Waals surface area contributed by atoms with Crippen molar-refractivity contribution in [2.75, 3.05) is 12.8 Å². The van der Waals surface area contributed by atoms with Gasteiger partial charge in [-0.15, -0.1) is 0 Å². The van der Waals surface area contributed by atoms with Crippen LogP contribution in [0.25, 0.3) is 22.4 Å². The van der Waals surface area contributed by atoms with E-state index in [-0.39, 0.29) is 0 Å². The molecule has 5 heteroatoms. The van der Waals surface area contributed by atoms with Crippen molar-refractivity contribution in [1.82, 2.24) is 15.0 Å². The number of H-pyrrole nitrogens is 1. The number of methoxy groups -OCH3 is 1. The Balaban J connectivity index is 2.19. The van der Waals surface area contributed by atoms with E-state index < -0.39 is 0 Å². The van der Waals surface area contributed by atoms with Crippen molar-refractivity contribution in [2.45, 2.75) is 0 Å². The Morgan fingerprint density at radius 2 is 2.17 bits per heavy atom. The Hall–Kier alpha value is -2.56. The van der Waals surface area contributed by atoms with E-state index in [1.807, 2.05) is 30.3 Å². The number of nitrogen functional groups attached to an aromatic ring is 1. The number of aromatic amines is 1. The zero-order valence-electron chi connectivity index (χ0n) is 9.84. The highest BCUT2D eigenvalue weighted by Gasteiger charge is 2.10. The molecule has 0 aliphatic rings. The van der Waals surface area contributed by atoms with Gasteiger partial charge in [-0.3, -0.25) is 0 Å². The standard InChI is InChI=1S/C13H12N4O/c1-18-13-9(3-2-6-15-13)12-16-10-5-4-8(14)7-11(10)17-12/h2-7H,14H2,1H3,(H,16,17). The van der Waals surface area contributed by atoms with Gasteiger partial charge >= 0.3 is 0 Å². The average Bonchev–Trinajstić information content (AvgIpc) is 2.81. The molecule has 2 aromatic heterocycles. The van der Waals surface area contributed by atoms with E-state index in [1.54, 1.807) is 13.3 Å². The highest BCUT2D eigenvalue weighted by atomic mass is 16.5. The zero-order chi connectivity index (χ0) is 12.5. The molecule has 0 aliphatic heterocycles. The molecule has 5 nitrogen and oxygen atoms in total. The number of hydrogen-bond donors (Lipinski definition) is 2. The average molecular weight is 240 g/mol. The molecule has 2 heterocycles. The first-order valence-corrected chi connectivity index (χ1v) is 5.52. The van der Waals surface area contributed by atoms with Gasteiger partial charge in [-0.1, -0.05) is 0 Å². The van der Waals surface area contributed by atoms with Crippen molar-refractivity contribution in [2.24, 2.45) is 0 Å². The lowest BCUT2D eigenvalue weighted by atomic mass is 10.2. The number of nitrogens with two attached hydrogens (primary N) is 1. The summed E-state index contributed by atoms with van der Waals surface area (Å²) in [6, 6.07) is 9.32. The first-order chi connectivity index (χ1) is 8.78. The number of nitrogens with one attached hydrogen (secondary N) is 1. The molecule has 0 unspecified atom stereocenters. The number of benzene rings is 1. The van der Waals surface area contributed by atoms with Crippen molar-refractivity contribution in [1.29, 1.82) is 0 Å². The molecule has 0 saturated carbocycles. The maximum atomic E-state index is 5.74. The number of anilines is 1. The van der Waals surface area contributed by atoms with E-state index in [4.69, 9.17) is 10.5 Å². The molecule has 0 fully saturated rings. The maximum absolute atomic E-state index is 5.74. The Bertz CT molecular complexity index is 705. The number of fused-ring (bicyclic) bond motifs is 1. The Morgan fingerprint density at radius 3 is 3.00 bits per heavy atom. The highest BCUT2D eigenvalue weighted by molar-refractivity contribution is 5.82. The zero-order valence-corrected chi connectivity index (χ0v) is 9.84. The second-order valence-corrected chi connectivity index (χ2v) is 3.92. The Morgan fingerprint density at radius 1 is 1.28 bits per heavy atom. The van der Waals surface area contributed by atoms with Crippen LogP contribution in [0.4, 0.5) is 5.69 Å². The van der Waals surface area contributed by atoms with Gasteiger partial charge in [-0.05, 0) is 30.3 Å². The number of rotatable bonds is 2. The SMILES string of the molecule is COc1ncccc1-c1nc2ccc(N)cc2[nH]1. The van der Waals surface area contributed by atoms with Crippen molar-refractivity contribution >= 4 is 16.7 Å². The van der Waals surface area contributed by atoms with Crippen LogP contribution in [0.1, 0.15) is 0 Å². The Labute approximate surface area is 104 Å². The fourth-order valence-corrected chi connectivity index (χ4v) is 1.89. The van der Waals surface area contributed by atoms with Crippen LogP contribution in [-0.4, -0.2) is 22.1 Å². The molecular formula is C13H12N4O. The predicted octanol–water partition coefficient (Wildman–Crippen LogP) is 2.22. The van der Waals surface area contributed by atoms with Crippen molar-refractivity contribution in [3.63, 3.8) is 0 Å². The van der Waals surface area contributed by atoms with E-state index in [2.05, 4.69) is 15.0 Å². The van der Waals surface area contributed by atoms with Gasteiger partial charge in [-0.2, -0.15) is 0 Å². The summed E-state index contributed by atoms with van der Waals surface area (Å²) in [6.07, 6.45) is 1.68. The van der Waals surface area contributed by atoms with E-state index in [1.165, 1.54) is 0 Å². The van der Waals surface area contributed by atoms with E-state index >= 15 is 0 Å². The molecule has 90 valence electrons. The second kappa shape index (κ2) is 4.03. The number of hydrogen-bond acceptors (Lipinski definition) is 4. The van der Waals surface area contributed by atoms with Crippen LogP contribution in [-0.2, 0) is 0 Å². The van der Waals surface area contributed by atoms with Gasteiger partial charge in [0.05, 0.1) is 23.7 Å². The van der Waals surface area contributed by atoms with Gasteiger partial charge < -0.3 is 15.5 Å². The van der Waals surface area contributed by atoms with Crippen molar-refractivity contribution < 1.29 is 4.74 Å². The molecular weight excluding hydrogens is 228 g/mol. The summed E-state index contributed by atoms with van der Waals surface area (Å²) < 4.78 is 5.22. The Kier molecular flexibility index (Phi) is 2.37. The van der Waals surface area contributed by atoms with E-state index in [0.717, 1.165) is 22.4 Å². The van der Waals surface area contributed by atoms with Crippen LogP contribution in [0.2, 0.25) is 0 Å². The topological polar surface area (TPSA) is 76.8 Å². The van der Waals surface area contributed by atoms with Crippen LogP contribution in [0.5, 0.6) is 5.88 Å².